The Hall–Kier alpha value is -4.34. The van der Waals surface area contributed by atoms with E-state index in [1.165, 1.54) is 9.35 Å². The van der Waals surface area contributed by atoms with Gasteiger partial charge < -0.3 is 0 Å². The third kappa shape index (κ3) is 5.22. The molecule has 0 radical (unpaired) electrons. The van der Waals surface area contributed by atoms with E-state index in [-0.39, 0.29) is 0 Å². The van der Waals surface area contributed by atoms with Gasteiger partial charge in [-0.1, -0.05) is 60.7 Å². The van der Waals surface area contributed by atoms with Crippen LogP contribution in [0.2, 0.25) is 0 Å². The second kappa shape index (κ2) is 10.1. The summed E-state index contributed by atoms with van der Waals surface area (Å²) >= 11 is 0. The largest absolute Gasteiger partial charge is 0.364 e. The molecule has 2 heterocycles. The van der Waals surface area contributed by atoms with E-state index in [2.05, 4.69) is 30.6 Å². The minimum Gasteiger partial charge on any atom is -0.244 e. The number of unbranched alkanes of at least 4 members (excludes halogenated alkanes) is 1. The quantitative estimate of drug-likeness (QED) is 0.310. The van der Waals surface area contributed by atoms with Gasteiger partial charge in [0.2, 0.25) is 0 Å². The molecule has 10 heteroatoms. The van der Waals surface area contributed by atoms with Gasteiger partial charge in [0.15, 0.2) is 11.6 Å². The molecule has 2 N–H and O–H groups in total. The summed E-state index contributed by atoms with van der Waals surface area (Å²) in [5, 5.41) is 21.4. The molecule has 0 aliphatic rings. The van der Waals surface area contributed by atoms with Gasteiger partial charge in [-0.3, -0.25) is 0 Å². The molecule has 162 valence electrons. The van der Waals surface area contributed by atoms with Crippen molar-refractivity contribution in [2.24, 2.45) is 10.2 Å². The molecule has 0 spiro atoms. The predicted molar refractivity (Wildman–Crippen MR) is 121 cm³/mol. The van der Waals surface area contributed by atoms with Crippen LogP contribution in [0, 0.1) is 0 Å². The van der Waals surface area contributed by atoms with Gasteiger partial charge in [0, 0.05) is 25.3 Å². The third-order valence-corrected chi connectivity index (χ3v) is 4.66. The molecule has 0 bridgehead atoms. The Morgan fingerprint density at radius 2 is 1.09 bits per heavy atom. The van der Waals surface area contributed by atoms with Crippen molar-refractivity contribution < 1.29 is 0 Å². The van der Waals surface area contributed by atoms with Crippen molar-refractivity contribution in [3.63, 3.8) is 0 Å². The van der Waals surface area contributed by atoms with Crippen LogP contribution in [0.5, 0.6) is 0 Å². The number of aromatic amines is 2. The van der Waals surface area contributed by atoms with Crippen molar-refractivity contribution in [1.82, 2.24) is 29.7 Å². The summed E-state index contributed by atoms with van der Waals surface area (Å²) in [7, 11) is 0. The first kappa shape index (κ1) is 20.9. The van der Waals surface area contributed by atoms with Crippen LogP contribution in [0.4, 0.5) is 0 Å². The summed E-state index contributed by atoms with van der Waals surface area (Å²) in [5.74, 6) is 1.06. The summed E-state index contributed by atoms with van der Waals surface area (Å²) in [4.78, 5) is 24.0. The Morgan fingerprint density at radius 3 is 1.50 bits per heavy atom. The summed E-state index contributed by atoms with van der Waals surface area (Å²) in [5.41, 5.74) is 1.28. The first-order valence-electron chi connectivity index (χ1n) is 10.2. The molecule has 0 saturated heterocycles. The molecule has 10 nitrogen and oxygen atoms in total. The fourth-order valence-corrected chi connectivity index (χ4v) is 3.10. The van der Waals surface area contributed by atoms with E-state index in [4.69, 9.17) is 0 Å². The number of hydrogen-bond acceptors (Lipinski definition) is 6. The van der Waals surface area contributed by atoms with E-state index in [0.29, 0.717) is 37.3 Å². The van der Waals surface area contributed by atoms with Gasteiger partial charge in [0.1, 0.15) is 0 Å². The Labute approximate surface area is 183 Å². The van der Waals surface area contributed by atoms with Gasteiger partial charge >= 0.3 is 11.4 Å². The summed E-state index contributed by atoms with van der Waals surface area (Å²) in [6.07, 6.45) is 5.30. The van der Waals surface area contributed by atoms with Crippen LogP contribution in [-0.2, 0) is 12.8 Å². The lowest BCUT2D eigenvalue weighted by atomic mass is 10.1. The van der Waals surface area contributed by atoms with E-state index in [9.17, 15) is 9.59 Å². The highest BCUT2D eigenvalue weighted by Crippen LogP contribution is 2.06. The maximum absolute atomic E-state index is 12.0. The lowest BCUT2D eigenvalue weighted by Crippen LogP contribution is -2.15. The van der Waals surface area contributed by atoms with Crippen molar-refractivity contribution in [3.05, 3.63) is 104 Å². The zero-order chi connectivity index (χ0) is 22.2. The van der Waals surface area contributed by atoms with Gasteiger partial charge in [0.05, 0.1) is 0 Å². The second-order valence-electron chi connectivity index (χ2n) is 7.01. The average molecular weight is 430 g/mol. The molecule has 0 amide bonds. The van der Waals surface area contributed by atoms with Crippen LogP contribution >= 0.6 is 0 Å². The van der Waals surface area contributed by atoms with E-state index < -0.39 is 11.4 Å². The summed E-state index contributed by atoms with van der Waals surface area (Å²) in [6, 6.07) is 19.5. The fraction of sp³-hybridized carbons (Fsp3) is 0.182. The highest BCUT2D eigenvalue weighted by atomic mass is 16.2. The van der Waals surface area contributed by atoms with Crippen LogP contribution in [0.3, 0.4) is 0 Å². The molecule has 4 rings (SSSR count). The predicted octanol–water partition coefficient (Wildman–Crippen LogP) is 1.79. The van der Waals surface area contributed by atoms with Crippen molar-refractivity contribution >= 4 is 12.4 Å². The molecular weight excluding hydrogens is 408 g/mol. The minimum atomic E-state index is -0.392. The summed E-state index contributed by atoms with van der Waals surface area (Å²) < 4.78 is 2.51. The molecule has 0 aliphatic heterocycles. The first-order chi connectivity index (χ1) is 15.7. The van der Waals surface area contributed by atoms with Crippen LogP contribution in [0.1, 0.15) is 35.6 Å². The number of nitrogens with zero attached hydrogens (tertiary/aromatic N) is 6. The normalized spacial score (nSPS) is 11.6. The van der Waals surface area contributed by atoms with Crippen molar-refractivity contribution in [2.75, 3.05) is 0 Å². The van der Waals surface area contributed by atoms with Crippen LogP contribution in [0.15, 0.2) is 80.5 Å². The number of nitrogens with one attached hydrogen (secondary N) is 2. The standard InChI is InChI=1S/C22H22N8O2/c31-21-27-25-19(15-17-9-3-1-4-10-17)29(21)23-13-7-8-14-24-30-20(26-28-22(30)32)16-18-11-5-2-6-12-18/h1-6,9-14H,7-8,15-16H2,(H,27,31)(H,28,32)/b23-13-,24-14-. The molecule has 4 aromatic rings. The highest BCUT2D eigenvalue weighted by Gasteiger charge is 2.08. The Bertz CT molecular complexity index is 1210. The molecule has 0 aliphatic carbocycles. The first-order valence-corrected chi connectivity index (χ1v) is 10.2. The van der Waals surface area contributed by atoms with Gasteiger partial charge in [-0.15, -0.1) is 0 Å². The highest BCUT2D eigenvalue weighted by molar-refractivity contribution is 5.65. The number of rotatable bonds is 9. The van der Waals surface area contributed by atoms with Crippen molar-refractivity contribution in [3.8, 4) is 0 Å². The maximum Gasteiger partial charge on any atom is 0.364 e. The van der Waals surface area contributed by atoms with Crippen LogP contribution in [-0.4, -0.2) is 42.2 Å². The molecule has 0 unspecified atom stereocenters. The molecular formula is C22H22N8O2. The lowest BCUT2D eigenvalue weighted by molar-refractivity contribution is 0.767. The van der Waals surface area contributed by atoms with Crippen molar-refractivity contribution in [1.29, 1.82) is 0 Å². The van der Waals surface area contributed by atoms with E-state index >= 15 is 0 Å². The smallest absolute Gasteiger partial charge is 0.244 e. The van der Waals surface area contributed by atoms with Gasteiger partial charge in [-0.25, -0.2) is 19.8 Å². The Balaban J connectivity index is 1.35. The van der Waals surface area contributed by atoms with E-state index in [1.807, 2.05) is 60.7 Å². The third-order valence-electron chi connectivity index (χ3n) is 4.66. The molecule has 2 aromatic heterocycles. The fourth-order valence-electron chi connectivity index (χ4n) is 3.10. The maximum atomic E-state index is 12.0. The topological polar surface area (TPSA) is 126 Å². The van der Waals surface area contributed by atoms with Gasteiger partial charge in [-0.2, -0.15) is 29.8 Å². The second-order valence-corrected chi connectivity index (χ2v) is 7.01. The van der Waals surface area contributed by atoms with E-state index in [1.54, 1.807) is 12.4 Å². The lowest BCUT2D eigenvalue weighted by Gasteiger charge is -2.00. The van der Waals surface area contributed by atoms with Crippen molar-refractivity contribution in [2.45, 2.75) is 25.7 Å². The average Bonchev–Trinajstić information content (AvgIpc) is 3.34. The Morgan fingerprint density at radius 1 is 0.688 bits per heavy atom. The molecule has 0 fully saturated rings. The monoisotopic (exact) mass is 430 g/mol. The molecule has 2 aromatic carbocycles. The van der Waals surface area contributed by atoms with Gasteiger partial charge in [0.25, 0.3) is 0 Å². The zero-order valence-electron chi connectivity index (χ0n) is 17.3. The molecule has 0 saturated carbocycles. The number of hydrogen-bond donors (Lipinski definition) is 2. The number of H-pyrrole nitrogens is 2. The van der Waals surface area contributed by atoms with E-state index in [0.717, 1.165) is 11.1 Å². The molecule has 32 heavy (non-hydrogen) atoms. The molecule has 0 atom stereocenters. The number of benzene rings is 2. The van der Waals surface area contributed by atoms with Crippen LogP contribution in [0.25, 0.3) is 0 Å². The zero-order valence-corrected chi connectivity index (χ0v) is 17.3. The summed E-state index contributed by atoms with van der Waals surface area (Å²) in [6.45, 7) is 0. The minimum absolute atomic E-state index is 0.392. The number of aromatic nitrogens is 6. The van der Waals surface area contributed by atoms with Crippen LogP contribution < -0.4 is 11.4 Å². The SMILES string of the molecule is O=c1[nH]nc(Cc2ccccc2)n1/N=C\CC/C=N\n1c(Cc2ccccc2)n[nH]c1=O. The Kier molecular flexibility index (Phi) is 6.61. The van der Waals surface area contributed by atoms with Gasteiger partial charge in [-0.05, 0) is 24.0 Å².